The highest BCUT2D eigenvalue weighted by atomic mass is 16.5. The molecule has 0 radical (unpaired) electrons. The Labute approximate surface area is 101 Å². The number of aliphatic carboxylic acids is 1. The Morgan fingerprint density at radius 2 is 2.06 bits per heavy atom. The molecule has 1 aliphatic carbocycles. The van der Waals surface area contributed by atoms with E-state index in [0.29, 0.717) is 25.6 Å². The van der Waals surface area contributed by atoms with Crippen molar-refractivity contribution >= 4 is 5.97 Å². The van der Waals surface area contributed by atoms with Gasteiger partial charge in [-0.1, -0.05) is 0 Å². The Morgan fingerprint density at radius 1 is 1.24 bits per heavy atom. The molecule has 0 aromatic carbocycles. The average molecular weight is 240 g/mol. The quantitative estimate of drug-likeness (QED) is 0.815. The summed E-state index contributed by atoms with van der Waals surface area (Å²) >= 11 is 0. The third-order valence-corrected chi connectivity index (χ3v) is 4.66. The van der Waals surface area contributed by atoms with Crippen LogP contribution in [0, 0.1) is 17.3 Å². The molecule has 0 spiro atoms. The van der Waals surface area contributed by atoms with Crippen LogP contribution < -0.4 is 0 Å². The molecule has 0 aromatic rings. The lowest BCUT2D eigenvalue weighted by atomic mass is 9.67. The van der Waals surface area contributed by atoms with Gasteiger partial charge in [-0.15, -0.1) is 0 Å². The van der Waals surface area contributed by atoms with Crippen molar-refractivity contribution in [3.63, 3.8) is 0 Å². The predicted molar refractivity (Wildman–Crippen MR) is 60.7 cm³/mol. The van der Waals surface area contributed by atoms with Gasteiger partial charge in [-0.3, -0.25) is 4.79 Å². The monoisotopic (exact) mass is 240 g/mol. The molecular weight excluding hydrogens is 220 g/mol. The summed E-state index contributed by atoms with van der Waals surface area (Å²) in [5, 5.41) is 9.73. The fraction of sp³-hybridized carbons (Fsp3) is 0.923. The first-order chi connectivity index (χ1) is 8.25. The summed E-state index contributed by atoms with van der Waals surface area (Å²) in [7, 11) is 0. The van der Waals surface area contributed by atoms with Gasteiger partial charge in [0.25, 0.3) is 0 Å². The summed E-state index contributed by atoms with van der Waals surface area (Å²) in [4.78, 5) is 11.8. The second-order valence-corrected chi connectivity index (χ2v) is 5.64. The van der Waals surface area contributed by atoms with Crippen LogP contribution in [0.15, 0.2) is 0 Å². The Hall–Kier alpha value is -0.610. The van der Waals surface area contributed by atoms with E-state index in [1.165, 1.54) is 0 Å². The molecule has 17 heavy (non-hydrogen) atoms. The fourth-order valence-electron chi connectivity index (χ4n) is 3.59. The van der Waals surface area contributed by atoms with E-state index in [1.54, 1.807) is 0 Å². The van der Waals surface area contributed by atoms with E-state index in [9.17, 15) is 9.90 Å². The van der Waals surface area contributed by atoms with Gasteiger partial charge in [-0.2, -0.15) is 0 Å². The SMILES string of the molecule is O=C(O)C1(C2CCCOC2)CCOC1C1CC1. The molecule has 3 aliphatic rings. The maximum Gasteiger partial charge on any atom is 0.312 e. The van der Waals surface area contributed by atoms with E-state index < -0.39 is 11.4 Å². The average Bonchev–Trinajstić information content (AvgIpc) is 3.09. The van der Waals surface area contributed by atoms with Gasteiger partial charge < -0.3 is 14.6 Å². The summed E-state index contributed by atoms with van der Waals surface area (Å²) in [6.07, 6.45) is 4.82. The zero-order chi connectivity index (χ0) is 11.9. The highest BCUT2D eigenvalue weighted by Gasteiger charge is 2.59. The molecule has 2 saturated heterocycles. The molecule has 4 nitrogen and oxygen atoms in total. The Bertz CT molecular complexity index is 307. The van der Waals surface area contributed by atoms with E-state index in [-0.39, 0.29) is 12.0 Å². The minimum Gasteiger partial charge on any atom is -0.481 e. The zero-order valence-electron chi connectivity index (χ0n) is 10.1. The minimum absolute atomic E-state index is 0.0632. The first kappa shape index (κ1) is 11.5. The zero-order valence-corrected chi connectivity index (χ0v) is 10.1. The van der Waals surface area contributed by atoms with Crippen LogP contribution in [0.2, 0.25) is 0 Å². The first-order valence-corrected chi connectivity index (χ1v) is 6.68. The van der Waals surface area contributed by atoms with Gasteiger partial charge in [0, 0.05) is 19.1 Å². The smallest absolute Gasteiger partial charge is 0.312 e. The molecule has 0 amide bonds. The van der Waals surface area contributed by atoms with E-state index in [4.69, 9.17) is 9.47 Å². The van der Waals surface area contributed by atoms with Crippen LogP contribution in [0.25, 0.3) is 0 Å². The van der Waals surface area contributed by atoms with Crippen LogP contribution in [-0.4, -0.2) is 37.0 Å². The molecule has 0 aromatic heterocycles. The van der Waals surface area contributed by atoms with Crippen LogP contribution in [0.1, 0.15) is 32.1 Å². The summed E-state index contributed by atoms with van der Waals surface area (Å²) in [6, 6.07) is 0. The van der Waals surface area contributed by atoms with Gasteiger partial charge in [0.15, 0.2) is 0 Å². The topological polar surface area (TPSA) is 55.8 Å². The van der Waals surface area contributed by atoms with E-state index in [0.717, 1.165) is 32.3 Å². The van der Waals surface area contributed by atoms with Crippen molar-refractivity contribution in [3.05, 3.63) is 0 Å². The van der Waals surface area contributed by atoms with Gasteiger partial charge in [-0.25, -0.2) is 0 Å². The van der Waals surface area contributed by atoms with Crippen molar-refractivity contribution in [1.82, 2.24) is 0 Å². The van der Waals surface area contributed by atoms with Gasteiger partial charge in [0.1, 0.15) is 5.41 Å². The molecule has 4 heteroatoms. The lowest BCUT2D eigenvalue weighted by Gasteiger charge is -2.39. The largest absolute Gasteiger partial charge is 0.481 e. The number of carboxylic acid groups (broad SMARTS) is 1. The van der Waals surface area contributed by atoms with E-state index in [1.807, 2.05) is 0 Å². The number of ether oxygens (including phenoxy) is 2. The van der Waals surface area contributed by atoms with Crippen LogP contribution in [0.3, 0.4) is 0 Å². The molecule has 2 aliphatic heterocycles. The fourth-order valence-corrected chi connectivity index (χ4v) is 3.59. The molecule has 2 heterocycles. The van der Waals surface area contributed by atoms with Crippen LogP contribution in [0.5, 0.6) is 0 Å². The summed E-state index contributed by atoms with van der Waals surface area (Å²) in [6.45, 7) is 1.98. The van der Waals surface area contributed by atoms with Crippen molar-refractivity contribution in [3.8, 4) is 0 Å². The van der Waals surface area contributed by atoms with Crippen molar-refractivity contribution in [1.29, 1.82) is 0 Å². The molecule has 3 atom stereocenters. The van der Waals surface area contributed by atoms with Gasteiger partial charge in [0.05, 0.1) is 12.7 Å². The van der Waals surface area contributed by atoms with Crippen molar-refractivity contribution < 1.29 is 19.4 Å². The Morgan fingerprint density at radius 3 is 2.65 bits per heavy atom. The number of hydrogen-bond acceptors (Lipinski definition) is 3. The van der Waals surface area contributed by atoms with Gasteiger partial charge >= 0.3 is 5.97 Å². The molecule has 1 N–H and O–H groups in total. The molecule has 3 fully saturated rings. The molecular formula is C13H20O4. The van der Waals surface area contributed by atoms with Crippen molar-refractivity contribution in [2.45, 2.75) is 38.2 Å². The normalized spacial score (nSPS) is 42.6. The number of rotatable bonds is 3. The molecule has 0 bridgehead atoms. The minimum atomic E-state index is -0.665. The predicted octanol–water partition coefficient (Wildman–Crippen LogP) is 1.68. The first-order valence-electron chi connectivity index (χ1n) is 6.68. The highest BCUT2D eigenvalue weighted by Crippen LogP contribution is 2.53. The number of carboxylic acids is 1. The van der Waals surface area contributed by atoms with E-state index in [2.05, 4.69) is 0 Å². The second kappa shape index (κ2) is 4.25. The molecule has 3 rings (SSSR count). The molecule has 1 saturated carbocycles. The number of hydrogen-bond donors (Lipinski definition) is 1. The van der Waals surface area contributed by atoms with Crippen molar-refractivity contribution in [2.75, 3.05) is 19.8 Å². The van der Waals surface area contributed by atoms with E-state index >= 15 is 0 Å². The third-order valence-electron chi connectivity index (χ3n) is 4.66. The maximum absolute atomic E-state index is 11.8. The lowest BCUT2D eigenvalue weighted by Crippen LogP contribution is -2.49. The maximum atomic E-state index is 11.8. The third kappa shape index (κ3) is 1.78. The summed E-state index contributed by atoms with van der Waals surface area (Å²) in [5.74, 6) is -0.0419. The number of carbonyl (C=O) groups is 1. The van der Waals surface area contributed by atoms with Gasteiger partial charge in [0.2, 0.25) is 0 Å². The summed E-state index contributed by atoms with van der Waals surface area (Å²) in [5.41, 5.74) is -0.665. The highest BCUT2D eigenvalue weighted by molar-refractivity contribution is 5.76. The lowest BCUT2D eigenvalue weighted by molar-refractivity contribution is -0.163. The summed E-state index contributed by atoms with van der Waals surface area (Å²) < 4.78 is 11.3. The molecule has 96 valence electrons. The second-order valence-electron chi connectivity index (χ2n) is 5.64. The molecule has 3 unspecified atom stereocenters. The Kier molecular flexibility index (Phi) is 2.87. The van der Waals surface area contributed by atoms with Crippen LogP contribution in [0.4, 0.5) is 0 Å². The standard InChI is InChI=1S/C13H20O4/c14-12(15)13(10-2-1-6-16-8-10)5-7-17-11(13)9-3-4-9/h9-11H,1-8H2,(H,14,15). The van der Waals surface area contributed by atoms with Gasteiger partial charge in [-0.05, 0) is 38.0 Å². The van der Waals surface area contributed by atoms with Crippen molar-refractivity contribution in [2.24, 2.45) is 17.3 Å². The van der Waals surface area contributed by atoms with Crippen LogP contribution >= 0.6 is 0 Å². The van der Waals surface area contributed by atoms with Crippen LogP contribution in [-0.2, 0) is 14.3 Å². The Balaban J connectivity index is 1.87.